The zero-order chi connectivity index (χ0) is 13.7. The van der Waals surface area contributed by atoms with Gasteiger partial charge in [-0.25, -0.2) is 0 Å². The van der Waals surface area contributed by atoms with Crippen LogP contribution in [0.2, 0.25) is 0 Å². The average Bonchev–Trinajstić information content (AvgIpc) is 2.48. The minimum atomic E-state index is -0.0924. The van der Waals surface area contributed by atoms with Crippen molar-refractivity contribution in [3.8, 4) is 5.75 Å². The van der Waals surface area contributed by atoms with Crippen LogP contribution in [-0.4, -0.2) is 37.0 Å². The van der Waals surface area contributed by atoms with E-state index < -0.39 is 0 Å². The number of hydrogen-bond donors (Lipinski definition) is 1. The molecule has 104 valence electrons. The average molecular weight is 262 g/mol. The Kier molecular flexibility index (Phi) is 4.80. The molecule has 1 fully saturated rings. The van der Waals surface area contributed by atoms with Crippen molar-refractivity contribution >= 4 is 11.6 Å². The predicted molar refractivity (Wildman–Crippen MR) is 76.5 cm³/mol. The highest BCUT2D eigenvalue weighted by atomic mass is 16.5. The molecular formula is C15H22N2O2. The van der Waals surface area contributed by atoms with Crippen LogP contribution >= 0.6 is 0 Å². The van der Waals surface area contributed by atoms with Crippen LogP contribution in [0.5, 0.6) is 5.75 Å². The van der Waals surface area contributed by atoms with E-state index >= 15 is 0 Å². The monoisotopic (exact) mass is 262 g/mol. The predicted octanol–water partition coefficient (Wildman–Crippen LogP) is 2.51. The number of amides is 1. The summed E-state index contributed by atoms with van der Waals surface area (Å²) in [5.74, 6) is 0.730. The highest BCUT2D eigenvalue weighted by molar-refractivity contribution is 5.95. The molecule has 1 amide bonds. The molecule has 0 spiro atoms. The second-order valence-corrected chi connectivity index (χ2v) is 4.96. The molecule has 1 saturated heterocycles. The van der Waals surface area contributed by atoms with E-state index in [4.69, 9.17) is 4.74 Å². The first-order valence-corrected chi connectivity index (χ1v) is 6.90. The fourth-order valence-corrected chi connectivity index (χ4v) is 2.46. The number of methoxy groups -OCH3 is 1. The third-order valence-electron chi connectivity index (χ3n) is 3.68. The second-order valence-electron chi connectivity index (χ2n) is 4.96. The number of para-hydroxylation sites is 2. The van der Waals surface area contributed by atoms with Crippen LogP contribution in [0.4, 0.5) is 5.69 Å². The minimum Gasteiger partial charge on any atom is -0.495 e. The highest BCUT2D eigenvalue weighted by Gasteiger charge is 2.23. The number of benzene rings is 1. The number of ether oxygens (including phenoxy) is 1. The number of piperidine rings is 1. The molecular weight excluding hydrogens is 240 g/mol. The summed E-state index contributed by atoms with van der Waals surface area (Å²) in [7, 11) is 1.61. The standard InChI is InChI=1S/C15H22N2O2/c1-12(17-10-6-3-7-11-17)15(18)16-13-8-4-5-9-14(13)19-2/h4-5,8-9,12H,3,6-7,10-11H2,1-2H3,(H,16,18)/t12-/m1/s1. The summed E-state index contributed by atoms with van der Waals surface area (Å²) in [6, 6.07) is 7.40. The van der Waals surface area contributed by atoms with Crippen molar-refractivity contribution in [2.24, 2.45) is 0 Å². The lowest BCUT2D eigenvalue weighted by Gasteiger charge is -2.31. The van der Waals surface area contributed by atoms with Gasteiger partial charge in [0, 0.05) is 0 Å². The van der Waals surface area contributed by atoms with E-state index in [9.17, 15) is 4.79 Å². The van der Waals surface area contributed by atoms with E-state index in [-0.39, 0.29) is 11.9 Å². The van der Waals surface area contributed by atoms with Crippen LogP contribution in [0, 0.1) is 0 Å². The number of rotatable bonds is 4. The van der Waals surface area contributed by atoms with Gasteiger partial charge in [0.25, 0.3) is 0 Å². The molecule has 1 atom stereocenters. The number of carbonyl (C=O) groups excluding carboxylic acids is 1. The quantitative estimate of drug-likeness (QED) is 0.906. The summed E-state index contributed by atoms with van der Waals surface area (Å²) in [6.07, 6.45) is 3.65. The van der Waals surface area contributed by atoms with Crippen molar-refractivity contribution in [3.63, 3.8) is 0 Å². The first-order chi connectivity index (χ1) is 9.22. The summed E-state index contributed by atoms with van der Waals surface area (Å²) in [4.78, 5) is 14.5. The molecule has 19 heavy (non-hydrogen) atoms. The smallest absolute Gasteiger partial charge is 0.241 e. The van der Waals surface area contributed by atoms with E-state index in [1.165, 1.54) is 19.3 Å². The molecule has 1 aliphatic rings. The summed E-state index contributed by atoms with van der Waals surface area (Å²) in [5.41, 5.74) is 0.735. The van der Waals surface area contributed by atoms with Gasteiger partial charge in [0.15, 0.2) is 0 Å². The maximum Gasteiger partial charge on any atom is 0.241 e. The van der Waals surface area contributed by atoms with Gasteiger partial charge in [-0.15, -0.1) is 0 Å². The number of carbonyl (C=O) groups is 1. The topological polar surface area (TPSA) is 41.6 Å². The van der Waals surface area contributed by atoms with Gasteiger partial charge in [-0.2, -0.15) is 0 Å². The molecule has 0 aliphatic carbocycles. The Balaban J connectivity index is 1.99. The first-order valence-electron chi connectivity index (χ1n) is 6.90. The summed E-state index contributed by atoms with van der Waals surface area (Å²) >= 11 is 0. The summed E-state index contributed by atoms with van der Waals surface area (Å²) in [6.45, 7) is 4.00. The fraction of sp³-hybridized carbons (Fsp3) is 0.533. The van der Waals surface area contributed by atoms with Gasteiger partial charge in [-0.3, -0.25) is 9.69 Å². The van der Waals surface area contributed by atoms with Crippen LogP contribution in [0.25, 0.3) is 0 Å². The van der Waals surface area contributed by atoms with Crippen LogP contribution < -0.4 is 10.1 Å². The minimum absolute atomic E-state index is 0.0337. The van der Waals surface area contributed by atoms with Crippen molar-refractivity contribution in [1.82, 2.24) is 4.90 Å². The Bertz CT molecular complexity index is 428. The lowest BCUT2D eigenvalue weighted by molar-refractivity contribution is -0.121. The summed E-state index contributed by atoms with van der Waals surface area (Å²) < 4.78 is 5.24. The molecule has 1 aromatic carbocycles. The Morgan fingerprint density at radius 3 is 2.63 bits per heavy atom. The van der Waals surface area contributed by atoms with Gasteiger partial charge < -0.3 is 10.1 Å². The molecule has 0 unspecified atom stereocenters. The normalized spacial score (nSPS) is 17.8. The number of likely N-dealkylation sites (tertiary alicyclic amines) is 1. The second kappa shape index (κ2) is 6.57. The van der Waals surface area contributed by atoms with Gasteiger partial charge in [0.05, 0.1) is 18.8 Å². The maximum atomic E-state index is 12.3. The zero-order valence-electron chi connectivity index (χ0n) is 11.7. The van der Waals surface area contributed by atoms with Gasteiger partial charge in [-0.05, 0) is 45.0 Å². The number of nitrogens with zero attached hydrogens (tertiary/aromatic N) is 1. The zero-order valence-corrected chi connectivity index (χ0v) is 11.7. The van der Waals surface area contributed by atoms with E-state index in [0.717, 1.165) is 18.8 Å². The molecule has 2 rings (SSSR count). The lowest BCUT2D eigenvalue weighted by atomic mass is 10.1. The molecule has 1 aliphatic heterocycles. The highest BCUT2D eigenvalue weighted by Crippen LogP contribution is 2.23. The molecule has 1 N–H and O–H groups in total. The van der Waals surface area contributed by atoms with Crippen molar-refractivity contribution in [3.05, 3.63) is 24.3 Å². The van der Waals surface area contributed by atoms with Crippen molar-refractivity contribution < 1.29 is 9.53 Å². The van der Waals surface area contributed by atoms with Crippen molar-refractivity contribution in [1.29, 1.82) is 0 Å². The Morgan fingerprint density at radius 1 is 1.26 bits per heavy atom. The Labute approximate surface area is 114 Å². The van der Waals surface area contributed by atoms with E-state index in [0.29, 0.717) is 5.75 Å². The van der Waals surface area contributed by atoms with Gasteiger partial charge in [-0.1, -0.05) is 18.6 Å². The van der Waals surface area contributed by atoms with E-state index in [1.54, 1.807) is 7.11 Å². The maximum absolute atomic E-state index is 12.3. The third-order valence-corrected chi connectivity index (χ3v) is 3.68. The van der Waals surface area contributed by atoms with Gasteiger partial charge in [0.2, 0.25) is 5.91 Å². The molecule has 4 nitrogen and oxygen atoms in total. The van der Waals surface area contributed by atoms with Crippen molar-refractivity contribution in [2.45, 2.75) is 32.2 Å². The van der Waals surface area contributed by atoms with Crippen LogP contribution in [-0.2, 0) is 4.79 Å². The number of hydrogen-bond acceptors (Lipinski definition) is 3. The Morgan fingerprint density at radius 2 is 1.95 bits per heavy atom. The number of nitrogens with one attached hydrogen (secondary N) is 1. The van der Waals surface area contributed by atoms with Crippen LogP contribution in [0.1, 0.15) is 26.2 Å². The lowest BCUT2D eigenvalue weighted by Crippen LogP contribution is -2.44. The molecule has 0 bridgehead atoms. The molecule has 0 saturated carbocycles. The molecule has 1 aromatic rings. The van der Waals surface area contributed by atoms with E-state index in [1.807, 2.05) is 31.2 Å². The van der Waals surface area contributed by atoms with Crippen LogP contribution in [0.3, 0.4) is 0 Å². The third kappa shape index (κ3) is 3.47. The van der Waals surface area contributed by atoms with Gasteiger partial charge >= 0.3 is 0 Å². The van der Waals surface area contributed by atoms with Gasteiger partial charge in [0.1, 0.15) is 5.75 Å². The largest absolute Gasteiger partial charge is 0.495 e. The molecule has 4 heteroatoms. The summed E-state index contributed by atoms with van der Waals surface area (Å²) in [5, 5.41) is 2.95. The molecule has 0 aromatic heterocycles. The van der Waals surface area contributed by atoms with Crippen LogP contribution in [0.15, 0.2) is 24.3 Å². The SMILES string of the molecule is COc1ccccc1NC(=O)[C@@H](C)N1CCCCC1. The number of anilines is 1. The fourth-order valence-electron chi connectivity index (χ4n) is 2.46. The molecule has 1 heterocycles. The molecule has 0 radical (unpaired) electrons. The van der Waals surface area contributed by atoms with E-state index in [2.05, 4.69) is 10.2 Å². The van der Waals surface area contributed by atoms with Crippen molar-refractivity contribution in [2.75, 3.05) is 25.5 Å². The Hall–Kier alpha value is -1.55. The first kappa shape index (κ1) is 13.9.